The van der Waals surface area contributed by atoms with Gasteiger partial charge in [0.1, 0.15) is 5.69 Å². The Morgan fingerprint density at radius 3 is 2.41 bits per heavy atom. The third-order valence-corrected chi connectivity index (χ3v) is 9.72. The summed E-state index contributed by atoms with van der Waals surface area (Å²) >= 11 is 2.84. The van der Waals surface area contributed by atoms with E-state index in [2.05, 4.69) is 9.71 Å². The van der Waals surface area contributed by atoms with E-state index in [0.717, 1.165) is 10.4 Å². The molecular weight excluding hydrogens is 476 g/mol. The van der Waals surface area contributed by atoms with Gasteiger partial charge in [-0.15, -0.1) is 23.1 Å². The van der Waals surface area contributed by atoms with E-state index in [-0.39, 0.29) is 28.8 Å². The third-order valence-electron chi connectivity index (χ3n) is 5.63. The summed E-state index contributed by atoms with van der Waals surface area (Å²) < 4.78 is 57.6. The van der Waals surface area contributed by atoms with Gasteiger partial charge in [-0.1, -0.05) is 17.7 Å². The van der Waals surface area contributed by atoms with Crippen molar-refractivity contribution in [2.45, 2.75) is 66.7 Å². The van der Waals surface area contributed by atoms with Crippen LogP contribution in [0, 0.1) is 20.8 Å². The molecule has 0 amide bonds. The van der Waals surface area contributed by atoms with Crippen LogP contribution in [-0.4, -0.2) is 29.1 Å². The summed E-state index contributed by atoms with van der Waals surface area (Å²) in [7, 11) is -3.96. The minimum absolute atomic E-state index is 0.0386. The predicted octanol–water partition coefficient (Wildman–Crippen LogP) is 5.13. The Morgan fingerprint density at radius 2 is 1.78 bits per heavy atom. The smallest absolute Gasteiger partial charge is 0.261 e. The molecule has 1 aliphatic carbocycles. The summed E-state index contributed by atoms with van der Waals surface area (Å²) in [5, 5.41) is -0.0386. The van der Waals surface area contributed by atoms with Gasteiger partial charge in [0.2, 0.25) is 5.92 Å². The van der Waals surface area contributed by atoms with E-state index < -0.39 is 21.6 Å². The van der Waals surface area contributed by atoms with Gasteiger partial charge in [-0.2, -0.15) is 4.98 Å². The van der Waals surface area contributed by atoms with Gasteiger partial charge in [-0.25, -0.2) is 22.0 Å². The predicted molar refractivity (Wildman–Crippen MR) is 123 cm³/mol. The molecule has 0 aromatic heterocycles. The number of halogens is 2. The van der Waals surface area contributed by atoms with E-state index in [9.17, 15) is 22.0 Å². The molecule has 1 aromatic carbocycles. The molecule has 1 saturated carbocycles. The number of imidazole rings is 1. The zero-order chi connectivity index (χ0) is 23.3. The average molecular weight is 500 g/mol. The highest BCUT2D eigenvalue weighted by atomic mass is 32.2. The van der Waals surface area contributed by atoms with Crippen LogP contribution in [-0.2, 0) is 10.0 Å². The zero-order valence-corrected chi connectivity index (χ0v) is 20.3. The largest absolute Gasteiger partial charge is 0.354 e. The van der Waals surface area contributed by atoms with Crippen molar-refractivity contribution in [2.75, 3.05) is 4.72 Å². The lowest BCUT2D eigenvalue weighted by atomic mass is 9.96. The highest BCUT2D eigenvalue weighted by Crippen LogP contribution is 2.45. The lowest BCUT2D eigenvalue weighted by Crippen LogP contribution is -2.26. The number of nitrogens with one attached hydrogen (secondary N) is 1. The van der Waals surface area contributed by atoms with Gasteiger partial charge >= 0.3 is 5.69 Å². The maximum absolute atomic E-state index is 13.6. The van der Waals surface area contributed by atoms with Gasteiger partial charge in [0.15, 0.2) is 5.82 Å². The van der Waals surface area contributed by atoms with Crippen molar-refractivity contribution in [3.05, 3.63) is 50.9 Å². The Hall–Kier alpha value is -1.98. The number of fused-ring (bicyclic) bond motifs is 1. The second-order valence-corrected chi connectivity index (χ2v) is 12.5. The number of thioether (sulfide) groups is 1. The fourth-order valence-corrected chi connectivity index (χ4v) is 7.52. The Kier molecular flexibility index (Phi) is 6.10. The second-order valence-electron chi connectivity index (χ2n) is 8.05. The first-order chi connectivity index (χ1) is 15.0. The summed E-state index contributed by atoms with van der Waals surface area (Å²) in [6, 6.07) is 6.36. The maximum atomic E-state index is 13.6. The van der Waals surface area contributed by atoms with Crippen molar-refractivity contribution < 1.29 is 17.2 Å². The number of alkyl halides is 2. The molecule has 0 atom stereocenters. The fraction of sp³-hybridized carbons (Fsp3) is 0.429. The van der Waals surface area contributed by atoms with E-state index in [1.54, 1.807) is 19.1 Å². The molecule has 11 heteroatoms. The standard InChI is InChI=1S/C21H23F2N3O3S3/c1-12-4-6-16(7-5-12)32(28,29)25-18-17-19(31-15-8-10-21(22,23)11-9-15)30-14(3)13(2)26(17)20(27)24-18/h4-7,15H,8-11H2,1-3H3,(H,24,25,27). The number of hydrogen-bond acceptors (Lipinski definition) is 6. The van der Waals surface area contributed by atoms with Gasteiger partial charge < -0.3 is 0 Å². The van der Waals surface area contributed by atoms with Gasteiger partial charge in [-0.05, 0) is 45.7 Å². The molecular formula is C21H23F2N3O3S3. The SMILES string of the molecule is Cc1ccc(S(=O)(=O)Nc2nc(=O)n3c(C)c(C)sc(SC4CCC(F)(F)CC4)c2-3)cc1. The molecule has 2 aliphatic heterocycles. The molecule has 172 valence electrons. The first-order valence-corrected chi connectivity index (χ1v) is 13.3. The Labute approximate surface area is 193 Å². The summed E-state index contributed by atoms with van der Waals surface area (Å²) in [4.78, 5) is 17.6. The number of sulfonamides is 1. The lowest BCUT2D eigenvalue weighted by Gasteiger charge is -2.28. The van der Waals surface area contributed by atoms with E-state index in [1.807, 2.05) is 13.8 Å². The maximum Gasteiger partial charge on any atom is 0.354 e. The van der Waals surface area contributed by atoms with E-state index in [0.29, 0.717) is 28.4 Å². The summed E-state index contributed by atoms with van der Waals surface area (Å²) in [5.74, 6) is -2.68. The van der Waals surface area contributed by atoms with Crippen molar-refractivity contribution in [3.63, 3.8) is 0 Å². The van der Waals surface area contributed by atoms with Crippen LogP contribution in [0.25, 0.3) is 5.69 Å². The molecule has 32 heavy (non-hydrogen) atoms. The van der Waals surface area contributed by atoms with Crippen LogP contribution in [0.15, 0.2) is 38.2 Å². The average Bonchev–Trinajstić information content (AvgIpc) is 3.03. The van der Waals surface area contributed by atoms with Crippen molar-refractivity contribution in [1.29, 1.82) is 0 Å². The van der Waals surface area contributed by atoms with Gasteiger partial charge in [-0.3, -0.25) is 9.29 Å². The van der Waals surface area contributed by atoms with Crippen LogP contribution < -0.4 is 10.4 Å². The summed E-state index contributed by atoms with van der Waals surface area (Å²) in [6.45, 7) is 5.50. The van der Waals surface area contributed by atoms with Crippen LogP contribution in [0.3, 0.4) is 0 Å². The van der Waals surface area contributed by atoms with Crippen molar-refractivity contribution in [3.8, 4) is 5.69 Å². The second kappa shape index (κ2) is 8.42. The lowest BCUT2D eigenvalue weighted by molar-refractivity contribution is -0.0323. The third kappa shape index (κ3) is 4.55. The van der Waals surface area contributed by atoms with Gasteiger partial charge in [0, 0.05) is 28.7 Å². The van der Waals surface area contributed by atoms with Crippen LogP contribution in [0.4, 0.5) is 14.6 Å². The van der Waals surface area contributed by atoms with E-state index in [4.69, 9.17) is 0 Å². The molecule has 1 fully saturated rings. The Balaban J connectivity index is 1.74. The number of benzene rings is 1. The topological polar surface area (TPSA) is 81.1 Å². The first kappa shape index (κ1) is 23.2. The van der Waals surface area contributed by atoms with Crippen LogP contribution >= 0.6 is 23.1 Å². The molecule has 4 rings (SSSR count). The molecule has 1 aromatic rings. The molecule has 0 radical (unpaired) electrons. The Bertz CT molecular complexity index is 1270. The molecule has 3 aliphatic rings. The Morgan fingerprint density at radius 1 is 1.16 bits per heavy atom. The first-order valence-electron chi connectivity index (χ1n) is 10.1. The number of anilines is 1. The number of hydrogen-bond donors (Lipinski definition) is 1. The molecule has 0 saturated heterocycles. The number of rotatable bonds is 5. The fourth-order valence-electron chi connectivity index (χ4n) is 3.66. The van der Waals surface area contributed by atoms with Crippen LogP contribution in [0.1, 0.15) is 41.8 Å². The number of aryl methyl sites for hydroxylation is 2. The summed E-state index contributed by atoms with van der Waals surface area (Å²) in [5.41, 5.74) is 1.39. The van der Waals surface area contributed by atoms with Crippen molar-refractivity contribution in [1.82, 2.24) is 9.55 Å². The van der Waals surface area contributed by atoms with Crippen molar-refractivity contribution in [2.24, 2.45) is 0 Å². The number of nitrogens with zero attached hydrogens (tertiary/aromatic N) is 2. The molecule has 0 spiro atoms. The van der Waals surface area contributed by atoms with Crippen LogP contribution in [0.2, 0.25) is 0 Å². The normalized spacial score (nSPS) is 17.0. The molecule has 2 heterocycles. The quantitative estimate of drug-likeness (QED) is 0.527. The van der Waals surface area contributed by atoms with Crippen LogP contribution in [0.5, 0.6) is 0 Å². The highest BCUT2D eigenvalue weighted by molar-refractivity contribution is 8.01. The molecule has 0 bridgehead atoms. The molecule has 0 unspecified atom stereocenters. The van der Waals surface area contributed by atoms with E-state index in [1.165, 1.54) is 39.8 Å². The number of aromatic nitrogens is 2. The van der Waals surface area contributed by atoms with Gasteiger partial charge in [0.25, 0.3) is 10.0 Å². The zero-order valence-electron chi connectivity index (χ0n) is 17.8. The summed E-state index contributed by atoms with van der Waals surface area (Å²) in [6.07, 6.45) is 0.364. The van der Waals surface area contributed by atoms with Crippen molar-refractivity contribution >= 4 is 38.9 Å². The minimum Gasteiger partial charge on any atom is -0.261 e. The molecule has 1 N–H and O–H groups in total. The monoisotopic (exact) mass is 499 g/mol. The van der Waals surface area contributed by atoms with E-state index >= 15 is 0 Å². The highest BCUT2D eigenvalue weighted by Gasteiger charge is 2.36. The molecule has 6 nitrogen and oxygen atoms in total. The minimum atomic E-state index is -3.96. The van der Waals surface area contributed by atoms with Gasteiger partial charge in [0.05, 0.1) is 9.10 Å².